The zero-order valence-corrected chi connectivity index (χ0v) is 15.4. The van der Waals surface area contributed by atoms with Crippen LogP contribution in [0, 0.1) is 6.92 Å². The van der Waals surface area contributed by atoms with Crippen LogP contribution in [0.2, 0.25) is 0 Å². The van der Waals surface area contributed by atoms with Gasteiger partial charge in [0.05, 0.1) is 16.4 Å². The Balaban J connectivity index is 2.01. The lowest BCUT2D eigenvalue weighted by molar-refractivity contribution is -0.130. The first-order valence-electron chi connectivity index (χ1n) is 7.65. The molecule has 0 saturated carbocycles. The van der Waals surface area contributed by atoms with E-state index in [1.54, 1.807) is 25.1 Å². The summed E-state index contributed by atoms with van der Waals surface area (Å²) < 4.78 is 50.3. The van der Waals surface area contributed by atoms with Gasteiger partial charge in [-0.05, 0) is 25.0 Å². The van der Waals surface area contributed by atoms with Crippen molar-refractivity contribution < 1.29 is 21.6 Å². The highest BCUT2D eigenvalue weighted by molar-refractivity contribution is 7.91. The summed E-state index contributed by atoms with van der Waals surface area (Å²) in [5.41, 5.74) is 0.635. The highest BCUT2D eigenvalue weighted by atomic mass is 32.2. The molecule has 7 nitrogen and oxygen atoms in total. The monoisotopic (exact) mass is 374 g/mol. The van der Waals surface area contributed by atoms with Crippen LogP contribution in [0.5, 0.6) is 0 Å². The van der Waals surface area contributed by atoms with Crippen molar-refractivity contribution >= 4 is 25.8 Å². The minimum atomic E-state index is -3.66. The number of hydrogen-bond acceptors (Lipinski definition) is 5. The number of sulfonamides is 1. The van der Waals surface area contributed by atoms with Gasteiger partial charge in [-0.25, -0.2) is 21.6 Å². The minimum Gasteiger partial charge on any atom is -0.338 e. The first-order chi connectivity index (χ1) is 11.1. The number of carbonyl (C=O) groups excluding carboxylic acids is 1. The molecular weight excluding hydrogens is 352 g/mol. The van der Waals surface area contributed by atoms with Crippen LogP contribution in [0.3, 0.4) is 0 Å². The van der Waals surface area contributed by atoms with Crippen LogP contribution in [-0.2, 0) is 24.7 Å². The van der Waals surface area contributed by atoms with Crippen molar-refractivity contribution in [2.75, 3.05) is 24.6 Å². The van der Waals surface area contributed by atoms with E-state index in [9.17, 15) is 21.6 Å². The second kappa shape index (κ2) is 7.20. The van der Waals surface area contributed by atoms with Gasteiger partial charge in [0.25, 0.3) is 0 Å². The lowest BCUT2D eigenvalue weighted by Gasteiger charge is -2.27. The number of sulfone groups is 1. The van der Waals surface area contributed by atoms with Crippen molar-refractivity contribution in [2.24, 2.45) is 0 Å². The van der Waals surface area contributed by atoms with Crippen molar-refractivity contribution in [3.05, 3.63) is 29.8 Å². The molecule has 1 aliphatic rings. The minimum absolute atomic E-state index is 0.0345. The summed E-state index contributed by atoms with van der Waals surface area (Å²) in [5, 5.41) is 0. The highest BCUT2D eigenvalue weighted by Crippen LogP contribution is 2.18. The largest absolute Gasteiger partial charge is 0.338 e. The Kier molecular flexibility index (Phi) is 5.67. The molecule has 1 fully saturated rings. The Morgan fingerprint density at radius 2 is 2.00 bits per heavy atom. The molecule has 0 radical (unpaired) electrons. The summed E-state index contributed by atoms with van der Waals surface area (Å²) in [6.45, 7) is 3.24. The van der Waals surface area contributed by atoms with E-state index in [0.717, 1.165) is 0 Å². The average molecular weight is 374 g/mol. The van der Waals surface area contributed by atoms with Gasteiger partial charge in [0.15, 0.2) is 9.84 Å². The van der Waals surface area contributed by atoms with Crippen LogP contribution < -0.4 is 4.72 Å². The fourth-order valence-corrected chi connectivity index (χ4v) is 5.85. The standard InChI is InChI=1S/C15H22N2O5S2/c1-12-5-3-4-6-15(12)24(21,22)16-8-9-17(13(2)18)14-7-10-23(19,20)11-14/h3-6,14,16H,7-11H2,1-2H3. The number of rotatable bonds is 6. The summed E-state index contributed by atoms with van der Waals surface area (Å²) in [6.07, 6.45) is 0.395. The lowest BCUT2D eigenvalue weighted by atomic mass is 10.2. The van der Waals surface area contributed by atoms with E-state index < -0.39 is 19.9 Å². The molecule has 0 aliphatic carbocycles. The first kappa shape index (κ1) is 18.9. The van der Waals surface area contributed by atoms with Crippen molar-refractivity contribution in [1.82, 2.24) is 9.62 Å². The van der Waals surface area contributed by atoms with Gasteiger partial charge in [0.2, 0.25) is 15.9 Å². The van der Waals surface area contributed by atoms with Crippen molar-refractivity contribution in [3.63, 3.8) is 0 Å². The Morgan fingerprint density at radius 3 is 2.54 bits per heavy atom. The number of benzene rings is 1. The summed E-state index contributed by atoms with van der Waals surface area (Å²) in [5.74, 6) is -0.250. The lowest BCUT2D eigenvalue weighted by Crippen LogP contribution is -2.44. The van der Waals surface area contributed by atoms with E-state index in [0.29, 0.717) is 12.0 Å². The van der Waals surface area contributed by atoms with Gasteiger partial charge < -0.3 is 4.90 Å². The number of hydrogen-bond donors (Lipinski definition) is 1. The molecule has 24 heavy (non-hydrogen) atoms. The van der Waals surface area contributed by atoms with Gasteiger partial charge in [-0.15, -0.1) is 0 Å². The molecule has 0 bridgehead atoms. The molecule has 1 saturated heterocycles. The molecule has 2 rings (SSSR count). The fraction of sp³-hybridized carbons (Fsp3) is 0.533. The molecule has 1 aliphatic heterocycles. The van der Waals surface area contributed by atoms with E-state index in [1.165, 1.54) is 17.9 Å². The second-order valence-corrected chi connectivity index (χ2v) is 9.90. The molecule has 0 spiro atoms. The van der Waals surface area contributed by atoms with Gasteiger partial charge in [-0.2, -0.15) is 0 Å². The highest BCUT2D eigenvalue weighted by Gasteiger charge is 2.33. The SMILES string of the molecule is CC(=O)N(CCNS(=O)(=O)c1ccccc1C)C1CCS(=O)(=O)C1. The summed E-state index contributed by atoms with van der Waals surface area (Å²) >= 11 is 0. The topological polar surface area (TPSA) is 101 Å². The van der Waals surface area contributed by atoms with Crippen molar-refractivity contribution in [2.45, 2.75) is 31.2 Å². The molecule has 1 aromatic rings. The van der Waals surface area contributed by atoms with Crippen molar-refractivity contribution in [1.29, 1.82) is 0 Å². The molecule has 134 valence electrons. The number of aryl methyl sites for hydroxylation is 1. The Morgan fingerprint density at radius 1 is 1.33 bits per heavy atom. The van der Waals surface area contributed by atoms with Crippen LogP contribution in [0.1, 0.15) is 18.9 Å². The number of amides is 1. The molecule has 9 heteroatoms. The smallest absolute Gasteiger partial charge is 0.240 e. The third-order valence-corrected chi connectivity index (χ3v) is 7.45. The summed E-state index contributed by atoms with van der Waals surface area (Å²) in [4.78, 5) is 13.4. The molecule has 1 atom stereocenters. The Bertz CT molecular complexity index is 818. The van der Waals surface area contributed by atoms with Gasteiger partial charge in [0, 0.05) is 26.1 Å². The third kappa shape index (κ3) is 4.55. The molecule has 1 N–H and O–H groups in total. The van der Waals surface area contributed by atoms with Crippen LogP contribution in [0.4, 0.5) is 0 Å². The van der Waals surface area contributed by atoms with Crippen molar-refractivity contribution in [3.8, 4) is 0 Å². The summed E-state index contributed by atoms with van der Waals surface area (Å²) in [6, 6.07) is 6.25. The number of carbonyl (C=O) groups is 1. The van der Waals surface area contributed by atoms with Crippen LogP contribution >= 0.6 is 0 Å². The average Bonchev–Trinajstić information content (AvgIpc) is 2.83. The Labute approximate surface area is 143 Å². The van der Waals surface area contributed by atoms with E-state index in [2.05, 4.69) is 4.72 Å². The van der Waals surface area contributed by atoms with Gasteiger partial charge >= 0.3 is 0 Å². The zero-order valence-electron chi connectivity index (χ0n) is 13.7. The van der Waals surface area contributed by atoms with E-state index in [4.69, 9.17) is 0 Å². The van der Waals surface area contributed by atoms with Crippen LogP contribution in [-0.4, -0.2) is 58.3 Å². The van der Waals surface area contributed by atoms with Crippen LogP contribution in [0.25, 0.3) is 0 Å². The predicted molar refractivity (Wildman–Crippen MR) is 90.8 cm³/mol. The number of nitrogens with zero attached hydrogens (tertiary/aromatic N) is 1. The molecule has 1 heterocycles. The quantitative estimate of drug-likeness (QED) is 0.772. The maximum atomic E-state index is 12.3. The molecule has 1 aromatic carbocycles. The van der Waals surface area contributed by atoms with E-state index in [-0.39, 0.29) is 41.4 Å². The van der Waals surface area contributed by atoms with Gasteiger partial charge in [-0.1, -0.05) is 18.2 Å². The normalized spacial score (nSPS) is 20.0. The zero-order chi connectivity index (χ0) is 18.0. The molecule has 0 aromatic heterocycles. The maximum absolute atomic E-state index is 12.3. The van der Waals surface area contributed by atoms with Crippen LogP contribution in [0.15, 0.2) is 29.2 Å². The predicted octanol–water partition coefficient (Wildman–Crippen LogP) is 0.309. The van der Waals surface area contributed by atoms with E-state index in [1.807, 2.05) is 0 Å². The summed E-state index contributed by atoms with van der Waals surface area (Å²) in [7, 11) is -6.77. The maximum Gasteiger partial charge on any atom is 0.240 e. The first-order valence-corrected chi connectivity index (χ1v) is 11.0. The molecule has 1 amide bonds. The second-order valence-electron chi connectivity index (χ2n) is 5.93. The molecule has 1 unspecified atom stereocenters. The van der Waals surface area contributed by atoms with Gasteiger partial charge in [-0.3, -0.25) is 4.79 Å². The van der Waals surface area contributed by atoms with E-state index >= 15 is 0 Å². The fourth-order valence-electron chi connectivity index (χ4n) is 2.85. The molecular formula is C15H22N2O5S2. The van der Waals surface area contributed by atoms with Gasteiger partial charge in [0.1, 0.15) is 0 Å². The Hall–Kier alpha value is -1.45. The number of nitrogens with one attached hydrogen (secondary N) is 1. The third-order valence-electron chi connectivity index (χ3n) is 4.08.